The number of hydrogen-bond acceptors (Lipinski definition) is 3. The van der Waals surface area contributed by atoms with E-state index in [1.165, 1.54) is 30.7 Å². The summed E-state index contributed by atoms with van der Waals surface area (Å²) in [5.74, 6) is 0. The van der Waals surface area contributed by atoms with Gasteiger partial charge in [-0.2, -0.15) is 0 Å². The molecular formula is C16H19ClN2S. The Balaban J connectivity index is 1.87. The van der Waals surface area contributed by atoms with Gasteiger partial charge in [0.05, 0.1) is 0 Å². The molecule has 0 spiro atoms. The third-order valence-corrected chi connectivity index (χ3v) is 6.26. The Hall–Kier alpha value is -0.930. The first-order valence-corrected chi connectivity index (χ1v) is 8.53. The first-order valence-electron chi connectivity index (χ1n) is 7.28. The van der Waals surface area contributed by atoms with E-state index in [0.717, 1.165) is 17.0 Å². The van der Waals surface area contributed by atoms with Crippen molar-refractivity contribution in [3.63, 3.8) is 0 Å². The van der Waals surface area contributed by atoms with Gasteiger partial charge in [-0.3, -0.25) is 0 Å². The van der Waals surface area contributed by atoms with Gasteiger partial charge in [0.15, 0.2) is 0 Å². The lowest BCUT2D eigenvalue weighted by Crippen LogP contribution is -2.20. The first kappa shape index (κ1) is 14.0. The van der Waals surface area contributed by atoms with E-state index in [2.05, 4.69) is 17.1 Å². The Morgan fingerprint density at radius 2 is 1.90 bits per heavy atom. The van der Waals surface area contributed by atoms with E-state index in [9.17, 15) is 0 Å². The van der Waals surface area contributed by atoms with E-state index in [1.807, 2.05) is 30.3 Å². The van der Waals surface area contributed by atoms with Crippen molar-refractivity contribution in [3.8, 4) is 0 Å². The summed E-state index contributed by atoms with van der Waals surface area (Å²) in [4.78, 5) is 0. The molecule has 20 heavy (non-hydrogen) atoms. The van der Waals surface area contributed by atoms with Gasteiger partial charge < -0.3 is 0 Å². The van der Waals surface area contributed by atoms with Gasteiger partial charge in [0, 0.05) is 5.41 Å². The van der Waals surface area contributed by atoms with E-state index < -0.39 is 0 Å². The van der Waals surface area contributed by atoms with Gasteiger partial charge in [0.1, 0.15) is 15.4 Å². The Labute approximate surface area is 129 Å². The summed E-state index contributed by atoms with van der Waals surface area (Å²) in [6, 6.07) is 10.1. The molecule has 1 fully saturated rings. The Kier molecular flexibility index (Phi) is 4.08. The fourth-order valence-electron chi connectivity index (χ4n) is 3.09. The molecule has 0 saturated heterocycles. The molecule has 0 radical (unpaired) electrons. The lowest BCUT2D eigenvalue weighted by atomic mass is 9.84. The molecule has 2 nitrogen and oxygen atoms in total. The fourth-order valence-corrected chi connectivity index (χ4v) is 4.57. The van der Waals surface area contributed by atoms with Crippen LogP contribution < -0.4 is 0 Å². The Morgan fingerprint density at radius 3 is 2.55 bits per heavy atom. The standard InChI is InChI=1S/C16H19ClN2S/c1-2-16(10-6-7-11-16)15-19-18-14(20-15)13(17)12-8-4-3-5-9-12/h3-5,8-9,13H,2,6-7,10-11H2,1H3. The molecular weight excluding hydrogens is 288 g/mol. The predicted octanol–water partition coefficient (Wildman–Crippen LogP) is 5.09. The van der Waals surface area contributed by atoms with Crippen molar-refractivity contribution < 1.29 is 0 Å². The number of rotatable bonds is 4. The van der Waals surface area contributed by atoms with Gasteiger partial charge in [-0.05, 0) is 24.8 Å². The third kappa shape index (κ3) is 2.49. The molecule has 1 aliphatic rings. The van der Waals surface area contributed by atoms with Crippen LogP contribution in [0.15, 0.2) is 30.3 Å². The SMILES string of the molecule is CCC1(c2nnc(C(Cl)c3ccccc3)s2)CCCC1. The normalized spacial score (nSPS) is 19.1. The topological polar surface area (TPSA) is 25.8 Å². The maximum Gasteiger partial charge on any atom is 0.139 e. The van der Waals surface area contributed by atoms with Gasteiger partial charge in [-0.25, -0.2) is 0 Å². The van der Waals surface area contributed by atoms with Crippen LogP contribution in [0.4, 0.5) is 0 Å². The highest BCUT2D eigenvalue weighted by molar-refractivity contribution is 7.11. The maximum absolute atomic E-state index is 6.55. The van der Waals surface area contributed by atoms with E-state index in [1.54, 1.807) is 11.3 Å². The van der Waals surface area contributed by atoms with Crippen molar-refractivity contribution >= 4 is 22.9 Å². The van der Waals surface area contributed by atoms with E-state index >= 15 is 0 Å². The second-order valence-corrected chi connectivity index (χ2v) is 7.01. The molecule has 1 unspecified atom stereocenters. The van der Waals surface area contributed by atoms with Crippen LogP contribution in [0.3, 0.4) is 0 Å². The minimum atomic E-state index is -0.183. The van der Waals surface area contributed by atoms with E-state index in [4.69, 9.17) is 11.6 Å². The third-order valence-electron chi connectivity index (χ3n) is 4.44. The van der Waals surface area contributed by atoms with E-state index in [-0.39, 0.29) is 10.8 Å². The average molecular weight is 307 g/mol. The molecule has 2 aromatic rings. The molecule has 0 aliphatic heterocycles. The van der Waals surface area contributed by atoms with Crippen molar-refractivity contribution in [1.29, 1.82) is 0 Å². The van der Waals surface area contributed by atoms with Crippen LogP contribution in [0, 0.1) is 0 Å². The highest BCUT2D eigenvalue weighted by Gasteiger charge is 2.37. The van der Waals surface area contributed by atoms with Gasteiger partial charge in [-0.15, -0.1) is 21.8 Å². The second-order valence-electron chi connectivity index (χ2n) is 5.56. The van der Waals surface area contributed by atoms with Crippen molar-refractivity contribution in [1.82, 2.24) is 10.2 Å². The number of alkyl halides is 1. The van der Waals surface area contributed by atoms with Crippen molar-refractivity contribution in [2.45, 2.75) is 49.8 Å². The number of aromatic nitrogens is 2. The van der Waals surface area contributed by atoms with Crippen molar-refractivity contribution in [2.24, 2.45) is 0 Å². The number of hydrogen-bond donors (Lipinski definition) is 0. The van der Waals surface area contributed by atoms with Crippen molar-refractivity contribution in [3.05, 3.63) is 45.9 Å². The highest BCUT2D eigenvalue weighted by atomic mass is 35.5. The molecule has 1 aliphatic carbocycles. The molecule has 1 aromatic carbocycles. The molecule has 1 heterocycles. The zero-order valence-corrected chi connectivity index (χ0v) is 13.3. The molecule has 0 amide bonds. The molecule has 1 saturated carbocycles. The highest BCUT2D eigenvalue weighted by Crippen LogP contribution is 2.45. The predicted molar refractivity (Wildman–Crippen MR) is 84.5 cm³/mol. The molecule has 106 valence electrons. The Morgan fingerprint density at radius 1 is 1.20 bits per heavy atom. The van der Waals surface area contributed by atoms with Gasteiger partial charge in [0.25, 0.3) is 0 Å². The van der Waals surface area contributed by atoms with Gasteiger partial charge >= 0.3 is 0 Å². The second kappa shape index (κ2) is 5.82. The van der Waals surface area contributed by atoms with Crippen molar-refractivity contribution in [2.75, 3.05) is 0 Å². The Bertz CT molecular complexity index is 561. The monoisotopic (exact) mass is 306 g/mol. The maximum atomic E-state index is 6.55. The quantitative estimate of drug-likeness (QED) is 0.735. The summed E-state index contributed by atoms with van der Waals surface area (Å²) in [5.41, 5.74) is 1.36. The lowest BCUT2D eigenvalue weighted by molar-refractivity contribution is 0.419. The molecule has 0 N–H and O–H groups in total. The number of nitrogens with zero attached hydrogens (tertiary/aromatic N) is 2. The molecule has 4 heteroatoms. The summed E-state index contributed by atoms with van der Waals surface area (Å²) in [5, 5.41) is 10.8. The van der Waals surface area contributed by atoms with Crippen LogP contribution in [0.1, 0.15) is 60.0 Å². The summed E-state index contributed by atoms with van der Waals surface area (Å²) in [7, 11) is 0. The average Bonchev–Trinajstić information content (AvgIpc) is 3.17. The zero-order valence-electron chi connectivity index (χ0n) is 11.7. The van der Waals surface area contributed by atoms with Gasteiger partial charge in [-0.1, -0.05) is 61.4 Å². The minimum Gasteiger partial charge on any atom is -0.143 e. The van der Waals surface area contributed by atoms with Crippen LogP contribution in [0.25, 0.3) is 0 Å². The number of benzene rings is 1. The van der Waals surface area contributed by atoms with Crippen LogP contribution in [-0.4, -0.2) is 10.2 Å². The zero-order chi connectivity index (χ0) is 14.0. The molecule has 0 bridgehead atoms. The molecule has 3 rings (SSSR count). The lowest BCUT2D eigenvalue weighted by Gasteiger charge is -2.23. The smallest absolute Gasteiger partial charge is 0.139 e. The van der Waals surface area contributed by atoms with Crippen LogP contribution in [0.2, 0.25) is 0 Å². The largest absolute Gasteiger partial charge is 0.143 e. The van der Waals surface area contributed by atoms with Gasteiger partial charge in [0.2, 0.25) is 0 Å². The first-order chi connectivity index (χ1) is 9.75. The van der Waals surface area contributed by atoms with E-state index in [0.29, 0.717) is 0 Å². The van der Waals surface area contributed by atoms with Crippen LogP contribution in [-0.2, 0) is 5.41 Å². The molecule has 1 aromatic heterocycles. The van der Waals surface area contributed by atoms with Crippen LogP contribution in [0.5, 0.6) is 0 Å². The minimum absolute atomic E-state index is 0.183. The molecule has 1 atom stereocenters. The fraction of sp³-hybridized carbons (Fsp3) is 0.500. The number of halogens is 1. The summed E-state index contributed by atoms with van der Waals surface area (Å²) in [6.45, 7) is 2.27. The van der Waals surface area contributed by atoms with Crippen LogP contribution >= 0.6 is 22.9 Å². The summed E-state index contributed by atoms with van der Waals surface area (Å²) in [6.07, 6.45) is 6.27. The summed E-state index contributed by atoms with van der Waals surface area (Å²) < 4.78 is 0. The summed E-state index contributed by atoms with van der Waals surface area (Å²) >= 11 is 8.25.